The zero-order valence-electron chi connectivity index (χ0n) is 14.3. The lowest BCUT2D eigenvalue weighted by Gasteiger charge is -2.09. The molecule has 0 fully saturated rings. The fraction of sp³-hybridized carbons (Fsp3) is 0.158. The molecular weight excluding hydrogens is 410 g/mol. The smallest absolute Gasteiger partial charge is 0.270 e. The van der Waals surface area contributed by atoms with E-state index < -0.39 is 5.82 Å². The number of halogens is 3. The van der Waals surface area contributed by atoms with Crippen molar-refractivity contribution in [3.05, 3.63) is 68.9 Å². The van der Waals surface area contributed by atoms with Crippen molar-refractivity contribution in [2.75, 3.05) is 6.54 Å². The summed E-state index contributed by atoms with van der Waals surface area (Å²) in [4.78, 5) is 16.0. The Morgan fingerprint density at radius 3 is 2.78 bits per heavy atom. The fourth-order valence-electron chi connectivity index (χ4n) is 2.31. The van der Waals surface area contributed by atoms with E-state index in [9.17, 15) is 9.18 Å². The molecule has 27 heavy (non-hydrogen) atoms. The highest BCUT2D eigenvalue weighted by atomic mass is 35.5. The van der Waals surface area contributed by atoms with Crippen molar-refractivity contribution in [2.45, 2.75) is 13.5 Å². The molecule has 140 valence electrons. The van der Waals surface area contributed by atoms with Crippen LogP contribution in [0.2, 0.25) is 10.0 Å². The molecule has 0 saturated heterocycles. The van der Waals surface area contributed by atoms with Gasteiger partial charge in [0.05, 0.1) is 0 Å². The van der Waals surface area contributed by atoms with Gasteiger partial charge in [0.25, 0.3) is 5.91 Å². The van der Waals surface area contributed by atoms with Gasteiger partial charge in [0, 0.05) is 39.2 Å². The predicted molar refractivity (Wildman–Crippen MR) is 106 cm³/mol. The molecule has 3 aromatic rings. The molecular formula is C19H15Cl2FN2O2S. The second kappa shape index (κ2) is 8.69. The molecule has 0 spiro atoms. The molecule has 0 bridgehead atoms. The van der Waals surface area contributed by atoms with Gasteiger partial charge >= 0.3 is 0 Å². The highest BCUT2D eigenvalue weighted by Crippen LogP contribution is 2.30. The number of thiazole rings is 1. The summed E-state index contributed by atoms with van der Waals surface area (Å²) in [6, 6.07) is 9.61. The largest absolute Gasteiger partial charge is 0.489 e. The van der Waals surface area contributed by atoms with Gasteiger partial charge in [-0.3, -0.25) is 4.79 Å². The van der Waals surface area contributed by atoms with Crippen LogP contribution in [0.4, 0.5) is 4.39 Å². The molecule has 0 aliphatic rings. The molecule has 1 heterocycles. The van der Waals surface area contributed by atoms with Crippen LogP contribution < -0.4 is 10.1 Å². The van der Waals surface area contributed by atoms with E-state index in [-0.39, 0.29) is 18.2 Å². The Morgan fingerprint density at radius 2 is 2.07 bits per heavy atom. The third-order valence-electron chi connectivity index (χ3n) is 3.65. The molecule has 0 aliphatic heterocycles. The molecule has 0 atom stereocenters. The zero-order chi connectivity index (χ0) is 19.4. The van der Waals surface area contributed by atoms with Gasteiger partial charge in [-0.05, 0) is 31.2 Å². The molecule has 4 nitrogen and oxygen atoms in total. The number of carbonyl (C=O) groups excluding carboxylic acids is 1. The number of benzene rings is 2. The summed E-state index contributed by atoms with van der Waals surface area (Å²) in [5.41, 5.74) is 1.33. The van der Waals surface area contributed by atoms with Crippen molar-refractivity contribution in [1.29, 1.82) is 0 Å². The molecule has 0 saturated carbocycles. The third-order valence-corrected chi connectivity index (χ3v) is 5.12. The maximum atomic E-state index is 14.5. The SMILES string of the molecule is CCNC(=O)c1csc(-c2ccc(OCc3ccc(Cl)cc3Cl)cc2F)n1. The Bertz CT molecular complexity index is 978. The molecule has 3 rings (SSSR count). The summed E-state index contributed by atoms with van der Waals surface area (Å²) in [7, 11) is 0. The standard InChI is InChI=1S/C19H15Cl2FN2O2S/c1-2-23-18(25)17-10-27-19(24-17)14-6-5-13(8-16(14)22)26-9-11-3-4-12(20)7-15(11)21/h3-8,10H,2,9H2,1H3,(H,23,25). The minimum absolute atomic E-state index is 0.188. The maximum Gasteiger partial charge on any atom is 0.270 e. The second-order valence-electron chi connectivity index (χ2n) is 5.56. The normalized spacial score (nSPS) is 10.7. The van der Waals surface area contributed by atoms with E-state index in [0.29, 0.717) is 32.9 Å². The van der Waals surface area contributed by atoms with Gasteiger partial charge in [-0.1, -0.05) is 29.3 Å². The second-order valence-corrected chi connectivity index (χ2v) is 7.27. The highest BCUT2D eigenvalue weighted by Gasteiger charge is 2.14. The van der Waals surface area contributed by atoms with Gasteiger partial charge in [0.1, 0.15) is 28.9 Å². The number of hydrogen-bond acceptors (Lipinski definition) is 4. The van der Waals surface area contributed by atoms with Gasteiger partial charge in [-0.15, -0.1) is 11.3 Å². The Balaban J connectivity index is 1.73. The Hall–Kier alpha value is -2.15. The van der Waals surface area contributed by atoms with Gasteiger partial charge in [0.15, 0.2) is 0 Å². The van der Waals surface area contributed by atoms with E-state index in [0.717, 1.165) is 5.56 Å². The average molecular weight is 425 g/mol. The first-order chi connectivity index (χ1) is 13.0. The van der Waals surface area contributed by atoms with Crippen LogP contribution in [0.5, 0.6) is 5.75 Å². The van der Waals surface area contributed by atoms with E-state index in [1.165, 1.54) is 17.4 Å². The van der Waals surface area contributed by atoms with Gasteiger partial charge in [0.2, 0.25) is 0 Å². The van der Waals surface area contributed by atoms with Crippen molar-refractivity contribution < 1.29 is 13.9 Å². The minimum Gasteiger partial charge on any atom is -0.489 e. The lowest BCUT2D eigenvalue weighted by molar-refractivity contribution is 0.0951. The van der Waals surface area contributed by atoms with E-state index in [1.54, 1.807) is 35.7 Å². The molecule has 1 N–H and O–H groups in total. The van der Waals surface area contributed by atoms with Crippen molar-refractivity contribution >= 4 is 40.4 Å². The first kappa shape index (κ1) is 19.6. The quantitative estimate of drug-likeness (QED) is 0.561. The van der Waals surface area contributed by atoms with Crippen LogP contribution in [0.25, 0.3) is 10.6 Å². The van der Waals surface area contributed by atoms with Gasteiger partial charge in [-0.25, -0.2) is 9.37 Å². The number of amides is 1. The van der Waals surface area contributed by atoms with E-state index in [4.69, 9.17) is 27.9 Å². The van der Waals surface area contributed by atoms with E-state index in [1.807, 2.05) is 6.92 Å². The number of ether oxygens (including phenoxy) is 1. The van der Waals surface area contributed by atoms with Crippen molar-refractivity contribution in [3.63, 3.8) is 0 Å². The number of carbonyl (C=O) groups is 1. The van der Waals surface area contributed by atoms with Crippen molar-refractivity contribution in [2.24, 2.45) is 0 Å². The molecule has 0 radical (unpaired) electrons. The van der Waals surface area contributed by atoms with Gasteiger partial charge in [-0.2, -0.15) is 0 Å². The molecule has 0 aliphatic carbocycles. The number of aromatic nitrogens is 1. The molecule has 2 aromatic carbocycles. The molecule has 0 unspecified atom stereocenters. The van der Waals surface area contributed by atoms with Crippen molar-refractivity contribution in [1.82, 2.24) is 10.3 Å². The lowest BCUT2D eigenvalue weighted by Crippen LogP contribution is -2.22. The summed E-state index contributed by atoms with van der Waals surface area (Å²) in [6.45, 7) is 2.51. The monoisotopic (exact) mass is 424 g/mol. The Kier molecular flexibility index (Phi) is 6.31. The molecule has 1 aromatic heterocycles. The molecule has 1 amide bonds. The van der Waals surface area contributed by atoms with Gasteiger partial charge < -0.3 is 10.1 Å². The number of nitrogens with one attached hydrogen (secondary N) is 1. The summed E-state index contributed by atoms with van der Waals surface area (Å²) in [5.74, 6) is -0.394. The minimum atomic E-state index is -0.480. The predicted octanol–water partition coefficient (Wildman–Crippen LogP) is 5.58. The highest BCUT2D eigenvalue weighted by molar-refractivity contribution is 7.13. The van der Waals surface area contributed by atoms with Crippen molar-refractivity contribution in [3.8, 4) is 16.3 Å². The summed E-state index contributed by atoms with van der Waals surface area (Å²) in [6.07, 6.45) is 0. The summed E-state index contributed by atoms with van der Waals surface area (Å²) < 4.78 is 20.1. The summed E-state index contributed by atoms with van der Waals surface area (Å²) >= 11 is 13.2. The lowest BCUT2D eigenvalue weighted by atomic mass is 10.2. The third kappa shape index (κ3) is 4.77. The van der Waals surface area contributed by atoms with Crippen LogP contribution in [0.1, 0.15) is 23.0 Å². The first-order valence-corrected chi connectivity index (χ1v) is 9.72. The van der Waals surface area contributed by atoms with Crippen LogP contribution in [-0.2, 0) is 6.61 Å². The average Bonchev–Trinajstić information content (AvgIpc) is 3.11. The van der Waals surface area contributed by atoms with Crippen LogP contribution in [-0.4, -0.2) is 17.4 Å². The number of nitrogens with zero attached hydrogens (tertiary/aromatic N) is 1. The molecule has 8 heteroatoms. The van der Waals surface area contributed by atoms with Crippen LogP contribution in [0.15, 0.2) is 41.8 Å². The number of rotatable bonds is 6. The Labute approximate surface area is 169 Å². The van der Waals surface area contributed by atoms with Crippen LogP contribution in [0.3, 0.4) is 0 Å². The van der Waals surface area contributed by atoms with Crippen LogP contribution >= 0.6 is 34.5 Å². The van der Waals surface area contributed by atoms with E-state index >= 15 is 0 Å². The zero-order valence-corrected chi connectivity index (χ0v) is 16.6. The fourth-order valence-corrected chi connectivity index (χ4v) is 3.60. The maximum absolute atomic E-state index is 14.5. The van der Waals surface area contributed by atoms with E-state index in [2.05, 4.69) is 10.3 Å². The van der Waals surface area contributed by atoms with Crippen LogP contribution in [0, 0.1) is 5.82 Å². The first-order valence-electron chi connectivity index (χ1n) is 8.08. The Morgan fingerprint density at radius 1 is 1.26 bits per heavy atom. The number of hydrogen-bond donors (Lipinski definition) is 1. The topological polar surface area (TPSA) is 51.2 Å². The summed E-state index contributed by atoms with van der Waals surface area (Å²) in [5, 5.41) is 5.72.